The van der Waals surface area contributed by atoms with Crippen LogP contribution in [-0.4, -0.2) is 44.8 Å². The summed E-state index contributed by atoms with van der Waals surface area (Å²) in [7, 11) is 1.71. The molecule has 0 saturated carbocycles. The number of imide groups is 1. The minimum Gasteiger partial charge on any atom is -0.354 e. The van der Waals surface area contributed by atoms with Crippen molar-refractivity contribution < 1.29 is 14.4 Å². The molecular formula is C21H20N4O4. The Bertz CT molecular complexity index is 1160. The van der Waals surface area contributed by atoms with E-state index in [2.05, 4.69) is 5.32 Å². The van der Waals surface area contributed by atoms with E-state index in [1.165, 1.54) is 0 Å². The number of nitrogens with one attached hydrogen (secondary N) is 1. The average Bonchev–Trinajstić information content (AvgIpc) is 3.12. The number of para-hydroxylation sites is 2. The highest BCUT2D eigenvalue weighted by Crippen LogP contribution is 2.22. The summed E-state index contributed by atoms with van der Waals surface area (Å²) in [5, 5.41) is 2.75. The van der Waals surface area contributed by atoms with Crippen molar-refractivity contribution in [3.05, 3.63) is 70.1 Å². The normalized spacial score (nSPS) is 13.2. The molecule has 1 N–H and O–H groups in total. The molecule has 148 valence electrons. The van der Waals surface area contributed by atoms with Gasteiger partial charge in [0, 0.05) is 33.1 Å². The lowest BCUT2D eigenvalue weighted by Crippen LogP contribution is -2.36. The molecule has 0 atom stereocenters. The summed E-state index contributed by atoms with van der Waals surface area (Å²) >= 11 is 0. The second kappa shape index (κ2) is 7.38. The maximum absolute atomic E-state index is 12.4. The molecule has 0 spiro atoms. The minimum atomic E-state index is -0.374. The van der Waals surface area contributed by atoms with Crippen molar-refractivity contribution in [2.45, 2.75) is 13.0 Å². The molecular weight excluding hydrogens is 372 g/mol. The molecule has 0 bridgehead atoms. The van der Waals surface area contributed by atoms with Crippen molar-refractivity contribution in [2.24, 2.45) is 7.05 Å². The van der Waals surface area contributed by atoms with Crippen molar-refractivity contribution in [3.63, 3.8) is 0 Å². The summed E-state index contributed by atoms with van der Waals surface area (Å²) in [5.74, 6) is -1.03. The number of aryl methyl sites for hydroxylation is 1. The van der Waals surface area contributed by atoms with Gasteiger partial charge in [0.25, 0.3) is 11.8 Å². The first-order valence-electron chi connectivity index (χ1n) is 9.35. The summed E-state index contributed by atoms with van der Waals surface area (Å²) in [6.45, 7) is 0.625. The number of amides is 3. The summed E-state index contributed by atoms with van der Waals surface area (Å²) in [6.07, 6.45) is 0.00983. The van der Waals surface area contributed by atoms with E-state index >= 15 is 0 Å². The largest absolute Gasteiger partial charge is 0.354 e. The highest BCUT2D eigenvalue weighted by atomic mass is 16.2. The molecule has 29 heavy (non-hydrogen) atoms. The van der Waals surface area contributed by atoms with E-state index in [0.717, 1.165) is 15.9 Å². The SMILES string of the molecule is Cn1c(=O)n(CCNC(=O)CCN2C(=O)c3ccccc3C2=O)c2ccccc21. The Hall–Kier alpha value is -3.68. The van der Waals surface area contributed by atoms with Crippen molar-refractivity contribution in [2.75, 3.05) is 13.1 Å². The van der Waals surface area contributed by atoms with Gasteiger partial charge in [0.05, 0.1) is 22.2 Å². The van der Waals surface area contributed by atoms with Crippen LogP contribution in [0.25, 0.3) is 11.0 Å². The highest BCUT2D eigenvalue weighted by Gasteiger charge is 2.34. The zero-order valence-corrected chi connectivity index (χ0v) is 15.9. The molecule has 1 aliphatic heterocycles. The van der Waals surface area contributed by atoms with E-state index in [0.29, 0.717) is 17.7 Å². The number of imidazole rings is 1. The third kappa shape index (κ3) is 3.22. The van der Waals surface area contributed by atoms with Crippen LogP contribution in [0.1, 0.15) is 27.1 Å². The smallest absolute Gasteiger partial charge is 0.328 e. The Kier molecular flexibility index (Phi) is 4.75. The van der Waals surface area contributed by atoms with Crippen LogP contribution in [0.3, 0.4) is 0 Å². The Labute approximate surface area is 166 Å². The number of hydrogen-bond acceptors (Lipinski definition) is 4. The molecule has 8 heteroatoms. The van der Waals surface area contributed by atoms with Gasteiger partial charge in [-0.15, -0.1) is 0 Å². The summed E-state index contributed by atoms with van der Waals surface area (Å²) in [6, 6.07) is 14.1. The predicted octanol–water partition coefficient (Wildman–Crippen LogP) is 1.14. The molecule has 1 aliphatic rings. The van der Waals surface area contributed by atoms with Crippen LogP contribution in [0, 0.1) is 0 Å². The number of carbonyl (C=O) groups is 3. The molecule has 4 rings (SSSR count). The van der Waals surface area contributed by atoms with E-state index in [4.69, 9.17) is 0 Å². The van der Waals surface area contributed by atoms with Gasteiger partial charge in [-0.2, -0.15) is 0 Å². The number of nitrogens with zero attached hydrogens (tertiary/aromatic N) is 3. The molecule has 2 heterocycles. The number of rotatable bonds is 6. The molecule has 8 nitrogen and oxygen atoms in total. The van der Waals surface area contributed by atoms with Crippen molar-refractivity contribution >= 4 is 28.8 Å². The zero-order chi connectivity index (χ0) is 20.5. The monoisotopic (exact) mass is 392 g/mol. The molecule has 0 radical (unpaired) electrons. The molecule has 1 aromatic heterocycles. The number of carbonyl (C=O) groups excluding carboxylic acids is 3. The second-order valence-electron chi connectivity index (χ2n) is 6.89. The van der Waals surface area contributed by atoms with Gasteiger partial charge in [0.1, 0.15) is 0 Å². The van der Waals surface area contributed by atoms with Crippen LogP contribution in [0.5, 0.6) is 0 Å². The lowest BCUT2D eigenvalue weighted by atomic mass is 10.1. The maximum atomic E-state index is 12.4. The van der Waals surface area contributed by atoms with Crippen molar-refractivity contribution in [1.82, 2.24) is 19.4 Å². The third-order valence-electron chi connectivity index (χ3n) is 5.15. The zero-order valence-electron chi connectivity index (χ0n) is 15.9. The number of hydrogen-bond donors (Lipinski definition) is 1. The first-order chi connectivity index (χ1) is 14.0. The fourth-order valence-corrected chi connectivity index (χ4v) is 3.63. The number of fused-ring (bicyclic) bond motifs is 2. The second-order valence-corrected chi connectivity index (χ2v) is 6.89. The Balaban J connectivity index is 1.33. The molecule has 0 fully saturated rings. The van der Waals surface area contributed by atoms with E-state index in [9.17, 15) is 19.2 Å². The van der Waals surface area contributed by atoms with Crippen LogP contribution in [-0.2, 0) is 18.4 Å². The molecule has 3 aromatic rings. The Morgan fingerprint density at radius 3 is 2.10 bits per heavy atom. The first kappa shape index (κ1) is 18.7. The Morgan fingerprint density at radius 2 is 1.45 bits per heavy atom. The number of aromatic nitrogens is 2. The standard InChI is InChI=1S/C21H20N4O4/c1-23-16-8-4-5-9-17(16)24(21(23)29)13-11-22-18(26)10-12-25-19(27)14-6-2-3-7-15(14)20(25)28/h2-9H,10-13H2,1H3,(H,22,26). The summed E-state index contributed by atoms with van der Waals surface area (Å²) in [5.41, 5.74) is 2.22. The summed E-state index contributed by atoms with van der Waals surface area (Å²) in [4.78, 5) is 50.3. The lowest BCUT2D eigenvalue weighted by molar-refractivity contribution is -0.121. The van der Waals surface area contributed by atoms with Crippen molar-refractivity contribution in [1.29, 1.82) is 0 Å². The third-order valence-corrected chi connectivity index (χ3v) is 5.15. The molecule has 0 aliphatic carbocycles. The quantitative estimate of drug-likeness (QED) is 0.637. The predicted molar refractivity (Wildman–Crippen MR) is 107 cm³/mol. The molecule has 0 unspecified atom stereocenters. The fraction of sp³-hybridized carbons (Fsp3) is 0.238. The van der Waals surface area contributed by atoms with Gasteiger partial charge < -0.3 is 5.32 Å². The van der Waals surface area contributed by atoms with Crippen LogP contribution >= 0.6 is 0 Å². The highest BCUT2D eigenvalue weighted by molar-refractivity contribution is 6.21. The molecule has 3 amide bonds. The van der Waals surface area contributed by atoms with Crippen LogP contribution < -0.4 is 11.0 Å². The van der Waals surface area contributed by atoms with Gasteiger partial charge in [-0.1, -0.05) is 24.3 Å². The van der Waals surface area contributed by atoms with Crippen LogP contribution in [0.15, 0.2) is 53.3 Å². The number of benzene rings is 2. The van der Waals surface area contributed by atoms with Crippen LogP contribution in [0.4, 0.5) is 0 Å². The summed E-state index contributed by atoms with van der Waals surface area (Å²) < 4.78 is 3.18. The van der Waals surface area contributed by atoms with Crippen molar-refractivity contribution in [3.8, 4) is 0 Å². The van der Waals surface area contributed by atoms with Gasteiger partial charge >= 0.3 is 5.69 Å². The van der Waals surface area contributed by atoms with E-state index in [1.54, 1.807) is 40.4 Å². The van der Waals surface area contributed by atoms with Gasteiger partial charge in [-0.25, -0.2) is 4.79 Å². The van der Waals surface area contributed by atoms with E-state index in [-0.39, 0.29) is 42.9 Å². The van der Waals surface area contributed by atoms with Gasteiger partial charge in [-0.3, -0.25) is 28.4 Å². The molecule has 0 saturated heterocycles. The van der Waals surface area contributed by atoms with Crippen LogP contribution in [0.2, 0.25) is 0 Å². The average molecular weight is 392 g/mol. The van der Waals surface area contributed by atoms with E-state index < -0.39 is 0 Å². The topological polar surface area (TPSA) is 93.4 Å². The van der Waals surface area contributed by atoms with Gasteiger partial charge in [0.15, 0.2) is 0 Å². The minimum absolute atomic E-state index is 0.00983. The fourth-order valence-electron chi connectivity index (χ4n) is 3.63. The molecule has 2 aromatic carbocycles. The Morgan fingerprint density at radius 1 is 0.862 bits per heavy atom. The first-order valence-corrected chi connectivity index (χ1v) is 9.35. The van der Waals surface area contributed by atoms with E-state index in [1.807, 2.05) is 24.3 Å². The van der Waals surface area contributed by atoms with Gasteiger partial charge in [0.2, 0.25) is 5.91 Å². The lowest BCUT2D eigenvalue weighted by Gasteiger charge is -2.13. The maximum Gasteiger partial charge on any atom is 0.328 e. The van der Waals surface area contributed by atoms with Gasteiger partial charge in [-0.05, 0) is 24.3 Å².